The zero-order chi connectivity index (χ0) is 27.0. The summed E-state index contributed by atoms with van der Waals surface area (Å²) in [7, 11) is 0. The lowest BCUT2D eigenvalue weighted by Crippen LogP contribution is -2.11. The van der Waals surface area contributed by atoms with E-state index in [4.69, 9.17) is 9.97 Å². The molecule has 0 radical (unpaired) electrons. The molecule has 194 valence electrons. The van der Waals surface area contributed by atoms with Gasteiger partial charge in [-0.1, -0.05) is 36.4 Å². The third-order valence-electron chi connectivity index (χ3n) is 6.82. The van der Waals surface area contributed by atoms with E-state index in [0.717, 1.165) is 58.4 Å². The molecule has 40 heavy (non-hydrogen) atoms. The number of aryl methyl sites for hydroxylation is 2. The highest BCUT2D eigenvalue weighted by molar-refractivity contribution is 5.36. The Morgan fingerprint density at radius 1 is 0.350 bits per heavy atom. The summed E-state index contributed by atoms with van der Waals surface area (Å²) in [6, 6.07) is 36.2. The summed E-state index contributed by atoms with van der Waals surface area (Å²) in [5.41, 5.74) is 7.58. The maximum Gasteiger partial charge on any atom is 0.0858 e. The first kappa shape index (κ1) is 25.2. The monoisotopic (exact) mass is 520 g/mol. The molecular formula is C34H28N6. The predicted molar refractivity (Wildman–Crippen MR) is 155 cm³/mol. The average Bonchev–Trinajstić information content (AvgIpc) is 3.03. The Kier molecular flexibility index (Phi) is 7.67. The third-order valence-corrected chi connectivity index (χ3v) is 6.82. The van der Waals surface area contributed by atoms with Gasteiger partial charge >= 0.3 is 0 Å². The van der Waals surface area contributed by atoms with E-state index in [9.17, 15) is 0 Å². The maximum absolute atomic E-state index is 5.07. The van der Waals surface area contributed by atoms with Crippen molar-refractivity contribution in [1.29, 1.82) is 0 Å². The summed E-state index contributed by atoms with van der Waals surface area (Å²) in [6.45, 7) is 0. The van der Waals surface area contributed by atoms with Crippen molar-refractivity contribution >= 4 is 0 Å². The second kappa shape index (κ2) is 12.2. The van der Waals surface area contributed by atoms with Crippen LogP contribution >= 0.6 is 0 Å². The standard InChI is InChI=1S/C34H28N6/c1-5-21-35-27(13-1)33(28-14-2-6-22-36-28)31-17-9-11-25(39-31)19-20-26-12-10-18-32(40-26)34(29-15-3-7-23-37-29)30-16-4-8-24-38-30/h1-18,21-24,33-34H,19-20H2. The quantitative estimate of drug-likeness (QED) is 0.226. The van der Waals surface area contributed by atoms with Gasteiger partial charge in [0.25, 0.3) is 0 Å². The fraction of sp³-hybridized carbons (Fsp3) is 0.118. The van der Waals surface area contributed by atoms with Crippen molar-refractivity contribution in [2.45, 2.75) is 24.7 Å². The zero-order valence-electron chi connectivity index (χ0n) is 22.0. The molecular weight excluding hydrogens is 492 g/mol. The SMILES string of the molecule is c1ccc(C(c2ccccn2)c2cccc(CCc3cccc(C(c4ccccn4)c4ccccn4)n3)n2)nc1. The Hall–Kier alpha value is -5.10. The average molecular weight is 521 g/mol. The lowest BCUT2D eigenvalue weighted by molar-refractivity contribution is 0.792. The normalized spacial score (nSPS) is 11.2. The number of aromatic nitrogens is 6. The molecule has 6 nitrogen and oxygen atoms in total. The van der Waals surface area contributed by atoms with Crippen LogP contribution < -0.4 is 0 Å². The zero-order valence-corrected chi connectivity index (χ0v) is 22.0. The van der Waals surface area contributed by atoms with Crippen LogP contribution in [0.5, 0.6) is 0 Å². The lowest BCUT2D eigenvalue weighted by atomic mass is 9.94. The van der Waals surface area contributed by atoms with Crippen molar-refractivity contribution in [2.24, 2.45) is 0 Å². The van der Waals surface area contributed by atoms with Crippen LogP contribution in [-0.4, -0.2) is 29.9 Å². The minimum atomic E-state index is -0.138. The number of nitrogens with zero attached hydrogens (tertiary/aromatic N) is 6. The van der Waals surface area contributed by atoms with Crippen molar-refractivity contribution in [1.82, 2.24) is 29.9 Å². The molecule has 0 aliphatic carbocycles. The van der Waals surface area contributed by atoms with Gasteiger partial charge in [0.15, 0.2) is 0 Å². The van der Waals surface area contributed by atoms with Crippen molar-refractivity contribution in [3.63, 3.8) is 0 Å². The Bertz CT molecular complexity index is 1440. The number of pyridine rings is 6. The molecule has 0 atom stereocenters. The van der Waals surface area contributed by atoms with E-state index in [1.165, 1.54) is 0 Å². The smallest absolute Gasteiger partial charge is 0.0858 e. The topological polar surface area (TPSA) is 77.3 Å². The fourth-order valence-corrected chi connectivity index (χ4v) is 4.95. The Morgan fingerprint density at radius 3 is 0.975 bits per heavy atom. The van der Waals surface area contributed by atoms with Gasteiger partial charge < -0.3 is 0 Å². The van der Waals surface area contributed by atoms with E-state index < -0.39 is 0 Å². The van der Waals surface area contributed by atoms with Gasteiger partial charge in [0.1, 0.15) is 0 Å². The van der Waals surface area contributed by atoms with Gasteiger partial charge in [-0.2, -0.15) is 0 Å². The first-order chi connectivity index (χ1) is 19.8. The van der Waals surface area contributed by atoms with E-state index in [1.807, 2.05) is 97.6 Å². The molecule has 0 saturated carbocycles. The molecule has 0 unspecified atom stereocenters. The molecule has 0 fully saturated rings. The van der Waals surface area contributed by atoms with Crippen molar-refractivity contribution in [2.75, 3.05) is 0 Å². The molecule has 0 saturated heterocycles. The maximum atomic E-state index is 5.07. The summed E-state index contributed by atoms with van der Waals surface area (Å²) < 4.78 is 0. The van der Waals surface area contributed by atoms with Gasteiger partial charge in [-0.05, 0) is 85.6 Å². The highest BCUT2D eigenvalue weighted by Gasteiger charge is 2.22. The molecule has 0 aliphatic heterocycles. The van der Waals surface area contributed by atoms with E-state index >= 15 is 0 Å². The Balaban J connectivity index is 1.26. The molecule has 0 spiro atoms. The fourth-order valence-electron chi connectivity index (χ4n) is 4.95. The van der Waals surface area contributed by atoms with Crippen LogP contribution in [0.15, 0.2) is 134 Å². The van der Waals surface area contributed by atoms with Gasteiger partial charge in [-0.3, -0.25) is 29.9 Å². The van der Waals surface area contributed by atoms with Gasteiger partial charge in [-0.15, -0.1) is 0 Å². The van der Waals surface area contributed by atoms with E-state index in [0.29, 0.717) is 0 Å². The molecule has 6 rings (SSSR count). The molecule has 0 amide bonds. The third kappa shape index (κ3) is 5.81. The lowest BCUT2D eigenvalue weighted by Gasteiger charge is -2.17. The van der Waals surface area contributed by atoms with Crippen LogP contribution in [0.3, 0.4) is 0 Å². The summed E-state index contributed by atoms with van der Waals surface area (Å²) in [6.07, 6.45) is 8.79. The van der Waals surface area contributed by atoms with Crippen molar-refractivity contribution < 1.29 is 0 Å². The minimum Gasteiger partial charge on any atom is -0.260 e. The molecule has 0 bridgehead atoms. The second-order valence-electron chi connectivity index (χ2n) is 9.49. The molecule has 0 aliphatic rings. The highest BCUT2D eigenvalue weighted by atomic mass is 14.8. The highest BCUT2D eigenvalue weighted by Crippen LogP contribution is 2.29. The second-order valence-corrected chi connectivity index (χ2v) is 9.49. The first-order valence-electron chi connectivity index (χ1n) is 13.4. The van der Waals surface area contributed by atoms with Crippen LogP contribution in [0.1, 0.15) is 57.4 Å². The Morgan fingerprint density at radius 2 is 0.675 bits per heavy atom. The van der Waals surface area contributed by atoms with Crippen molar-refractivity contribution in [3.8, 4) is 0 Å². The van der Waals surface area contributed by atoms with Crippen molar-refractivity contribution in [3.05, 3.63) is 180 Å². The number of rotatable bonds is 9. The minimum absolute atomic E-state index is 0.138. The number of hydrogen-bond acceptors (Lipinski definition) is 6. The van der Waals surface area contributed by atoms with Gasteiger partial charge in [-0.25, -0.2) is 0 Å². The van der Waals surface area contributed by atoms with Gasteiger partial charge in [0, 0.05) is 36.2 Å². The van der Waals surface area contributed by atoms with Crippen LogP contribution in [0.2, 0.25) is 0 Å². The molecule has 6 heteroatoms. The summed E-state index contributed by atoms with van der Waals surface area (Å²) in [4.78, 5) is 28.7. The molecule has 6 aromatic heterocycles. The van der Waals surface area contributed by atoms with Crippen LogP contribution in [0.25, 0.3) is 0 Å². The predicted octanol–water partition coefficient (Wildman–Crippen LogP) is 6.20. The van der Waals surface area contributed by atoms with E-state index in [1.54, 1.807) is 0 Å². The van der Waals surface area contributed by atoms with E-state index in [2.05, 4.69) is 56.3 Å². The summed E-state index contributed by atoms with van der Waals surface area (Å²) in [5, 5.41) is 0. The molecule has 0 aromatic carbocycles. The summed E-state index contributed by atoms with van der Waals surface area (Å²) >= 11 is 0. The molecule has 6 aromatic rings. The molecule has 0 N–H and O–H groups in total. The number of hydrogen-bond donors (Lipinski definition) is 0. The van der Waals surface area contributed by atoms with Crippen LogP contribution in [0.4, 0.5) is 0 Å². The van der Waals surface area contributed by atoms with Crippen LogP contribution in [-0.2, 0) is 12.8 Å². The first-order valence-corrected chi connectivity index (χ1v) is 13.4. The Labute approximate surface area is 233 Å². The van der Waals surface area contributed by atoms with Gasteiger partial charge in [0.05, 0.1) is 46.0 Å². The summed E-state index contributed by atoms with van der Waals surface area (Å²) in [5.74, 6) is -0.275. The van der Waals surface area contributed by atoms with Crippen LogP contribution in [0, 0.1) is 0 Å². The van der Waals surface area contributed by atoms with E-state index in [-0.39, 0.29) is 11.8 Å². The largest absolute Gasteiger partial charge is 0.260 e. The molecule has 6 heterocycles. The van der Waals surface area contributed by atoms with Gasteiger partial charge in [0.2, 0.25) is 0 Å².